The van der Waals surface area contributed by atoms with Crippen molar-refractivity contribution in [3.8, 4) is 17.2 Å². The third-order valence-electron chi connectivity index (χ3n) is 4.52. The fraction of sp³-hybridized carbons (Fsp3) is 0. The van der Waals surface area contributed by atoms with Gasteiger partial charge in [-0.25, -0.2) is 4.79 Å². The number of fused-ring (bicyclic) bond motifs is 2. The Morgan fingerprint density at radius 2 is 1.59 bits per heavy atom. The summed E-state index contributed by atoms with van der Waals surface area (Å²) in [6.07, 6.45) is 0. The van der Waals surface area contributed by atoms with Crippen LogP contribution in [0.3, 0.4) is 0 Å². The van der Waals surface area contributed by atoms with Gasteiger partial charge >= 0.3 is 5.97 Å². The van der Waals surface area contributed by atoms with Crippen LogP contribution in [0.5, 0.6) is 17.2 Å². The molecule has 4 nitrogen and oxygen atoms in total. The molecule has 0 aliphatic carbocycles. The van der Waals surface area contributed by atoms with Gasteiger partial charge in [-0.3, -0.25) is 0 Å². The number of phenolic OH excluding ortho intramolecular Hbond substituents is 1. The number of carbonyl (C=O) groups is 1. The van der Waals surface area contributed by atoms with Gasteiger partial charge in [0, 0.05) is 38.0 Å². The third kappa shape index (κ3) is 3.22. The maximum Gasteiger partial charge on any atom is 0.337 e. The molecule has 0 bridgehead atoms. The number of benzene rings is 3. The monoisotopic (exact) mass is 466 g/mol. The molecule has 0 spiro atoms. The van der Waals surface area contributed by atoms with Gasteiger partial charge in [-0.2, -0.15) is 0 Å². The molecule has 29 heavy (non-hydrogen) atoms. The number of aromatic hydroxyl groups is 1. The molecule has 0 unspecified atom stereocenters. The predicted molar refractivity (Wildman–Crippen MR) is 114 cm³/mol. The molecule has 0 saturated heterocycles. The van der Waals surface area contributed by atoms with E-state index in [1.165, 1.54) is 24.3 Å². The van der Waals surface area contributed by atoms with E-state index in [1.807, 2.05) is 0 Å². The first-order chi connectivity index (χ1) is 13.7. The van der Waals surface area contributed by atoms with Crippen LogP contribution >= 0.6 is 46.4 Å². The van der Waals surface area contributed by atoms with Gasteiger partial charge in [0.05, 0.1) is 15.6 Å². The van der Waals surface area contributed by atoms with Crippen molar-refractivity contribution in [3.05, 3.63) is 83.6 Å². The molecule has 0 atom stereocenters. The zero-order chi connectivity index (χ0) is 21.0. The van der Waals surface area contributed by atoms with Gasteiger partial charge in [-0.05, 0) is 35.6 Å². The molecule has 0 amide bonds. The predicted octanol–water partition coefficient (Wildman–Crippen LogP) is 5.47. The lowest BCUT2D eigenvalue weighted by molar-refractivity contribution is 0.0696. The van der Waals surface area contributed by atoms with Crippen molar-refractivity contribution in [2.75, 3.05) is 0 Å². The van der Waals surface area contributed by atoms with Crippen LogP contribution in [0.15, 0.2) is 36.4 Å². The highest BCUT2D eigenvalue weighted by atomic mass is 35.5. The van der Waals surface area contributed by atoms with Crippen LogP contribution in [-0.4, -0.2) is 16.2 Å². The van der Waals surface area contributed by atoms with Crippen molar-refractivity contribution in [1.82, 2.24) is 0 Å². The molecule has 0 saturated carbocycles. The van der Waals surface area contributed by atoms with Gasteiger partial charge in [0.1, 0.15) is 17.2 Å². The number of hydrogen-bond donors (Lipinski definition) is 2. The molecule has 2 N–H and O–H groups in total. The van der Waals surface area contributed by atoms with Gasteiger partial charge in [-0.1, -0.05) is 53.0 Å². The largest absolute Gasteiger partial charge is 0.506 e. The minimum Gasteiger partial charge on any atom is -0.506 e. The smallest absolute Gasteiger partial charge is 0.337 e. The fourth-order valence-electron chi connectivity index (χ4n) is 3.24. The van der Waals surface area contributed by atoms with Crippen LogP contribution in [-0.2, 0) is 0 Å². The first kappa shape index (κ1) is 19.9. The van der Waals surface area contributed by atoms with Crippen molar-refractivity contribution >= 4 is 64.5 Å². The quantitative estimate of drug-likeness (QED) is 0.410. The van der Waals surface area contributed by atoms with Gasteiger partial charge < -0.3 is 14.9 Å². The summed E-state index contributed by atoms with van der Waals surface area (Å²) in [7, 11) is 0. The highest BCUT2D eigenvalue weighted by Crippen LogP contribution is 2.44. The van der Waals surface area contributed by atoms with E-state index in [4.69, 9.17) is 51.1 Å². The molecule has 0 fully saturated rings. The summed E-state index contributed by atoms with van der Waals surface area (Å²) in [4.78, 5) is 12.0. The number of phenols is 1. The minimum atomic E-state index is -1.25. The summed E-state index contributed by atoms with van der Waals surface area (Å²) >= 11 is 25.0. The Morgan fingerprint density at radius 1 is 0.897 bits per heavy atom. The number of ether oxygens (including phenoxy) is 1. The van der Waals surface area contributed by atoms with Crippen molar-refractivity contribution in [2.45, 2.75) is 0 Å². The van der Waals surface area contributed by atoms with Crippen molar-refractivity contribution in [3.63, 3.8) is 0 Å². The lowest BCUT2D eigenvalue weighted by Crippen LogP contribution is -2.22. The molecule has 4 rings (SSSR count). The van der Waals surface area contributed by atoms with Gasteiger partial charge in [0.25, 0.3) is 0 Å². The van der Waals surface area contributed by atoms with E-state index in [2.05, 4.69) is 6.58 Å². The van der Waals surface area contributed by atoms with Gasteiger partial charge in [-0.15, -0.1) is 0 Å². The average Bonchev–Trinajstić information content (AvgIpc) is 2.64. The number of halogens is 4. The van der Waals surface area contributed by atoms with Gasteiger partial charge in [0.2, 0.25) is 0 Å². The second-order valence-electron chi connectivity index (χ2n) is 6.30. The molecule has 3 aromatic carbocycles. The lowest BCUT2D eigenvalue weighted by Gasteiger charge is -2.23. The lowest BCUT2D eigenvalue weighted by atomic mass is 9.89. The summed E-state index contributed by atoms with van der Waals surface area (Å²) in [5.74, 6) is -0.800. The molecule has 3 aromatic rings. The first-order valence-corrected chi connectivity index (χ1v) is 9.65. The Kier molecular flexibility index (Phi) is 4.91. The van der Waals surface area contributed by atoms with E-state index < -0.39 is 5.97 Å². The highest BCUT2D eigenvalue weighted by molar-refractivity contribution is 6.37. The summed E-state index contributed by atoms with van der Waals surface area (Å²) < 4.78 is 5.91. The summed E-state index contributed by atoms with van der Waals surface area (Å²) in [6, 6.07) is 8.96. The third-order valence-corrected chi connectivity index (χ3v) is 5.81. The first-order valence-electron chi connectivity index (χ1n) is 8.14. The van der Waals surface area contributed by atoms with Crippen molar-refractivity contribution in [2.24, 2.45) is 0 Å². The van der Waals surface area contributed by atoms with Crippen molar-refractivity contribution < 1.29 is 19.7 Å². The normalized spacial score (nSPS) is 12.2. The molecular weight excluding hydrogens is 458 g/mol. The topological polar surface area (TPSA) is 66.8 Å². The van der Waals surface area contributed by atoms with E-state index >= 15 is 0 Å². The second-order valence-corrected chi connectivity index (χ2v) is 7.93. The second kappa shape index (κ2) is 7.15. The Labute approximate surface area is 184 Å². The molecule has 0 radical (unpaired) electrons. The molecular formula is C21H10Cl4O4. The molecule has 1 aliphatic rings. The van der Waals surface area contributed by atoms with E-state index in [0.717, 1.165) is 0 Å². The maximum atomic E-state index is 12.0. The highest BCUT2D eigenvalue weighted by Gasteiger charge is 2.28. The molecule has 0 aromatic heterocycles. The van der Waals surface area contributed by atoms with Crippen LogP contribution in [0.4, 0.5) is 0 Å². The Hall–Kier alpha value is -2.37. The number of aromatic carboxylic acids is 1. The number of rotatable bonds is 2. The van der Waals surface area contributed by atoms with Crippen LogP contribution < -0.4 is 15.2 Å². The summed E-state index contributed by atoms with van der Waals surface area (Å²) in [5, 5.41) is 21.4. The van der Waals surface area contributed by atoms with Crippen molar-refractivity contribution in [1.29, 1.82) is 0 Å². The van der Waals surface area contributed by atoms with E-state index in [-0.39, 0.29) is 37.7 Å². The fourth-order valence-corrected chi connectivity index (χ4v) is 4.05. The van der Waals surface area contributed by atoms with Crippen LogP contribution in [0, 0.1) is 0 Å². The standard InChI is InChI=1S/C21H10Cl4O4/c1-8-4-16-9(5-13(8)24)18(10-6-14(25)15(26)7-17(10)29-16)19-11(22)2-3-12(23)20(19)21(27)28/h2-7,26H,1H2,(H,27,28). The Bertz CT molecular complexity index is 1330. The molecule has 146 valence electrons. The van der Waals surface area contributed by atoms with E-state index in [1.54, 1.807) is 12.1 Å². The zero-order valence-corrected chi connectivity index (χ0v) is 17.4. The molecule has 1 heterocycles. The Balaban J connectivity index is 2.27. The number of carboxylic acid groups (broad SMARTS) is 1. The van der Waals surface area contributed by atoms with Crippen LogP contribution in [0.25, 0.3) is 12.2 Å². The number of carboxylic acids is 1. The average molecular weight is 468 g/mol. The molecule has 8 heteroatoms. The SMILES string of the molecule is C=c1cc2c(cc1Cl)=C(c1c(Cl)ccc(Cl)c1C(=O)O)c1cc(Cl)c(O)cc1O2. The zero-order valence-electron chi connectivity index (χ0n) is 14.4. The van der Waals surface area contributed by atoms with E-state index in [9.17, 15) is 15.0 Å². The number of hydrogen-bond acceptors (Lipinski definition) is 3. The van der Waals surface area contributed by atoms with E-state index in [0.29, 0.717) is 32.3 Å². The Morgan fingerprint density at radius 3 is 2.28 bits per heavy atom. The summed E-state index contributed by atoms with van der Waals surface area (Å²) in [5.41, 5.74) is 0.855. The summed E-state index contributed by atoms with van der Waals surface area (Å²) in [6.45, 7) is 3.86. The van der Waals surface area contributed by atoms with Gasteiger partial charge in [0.15, 0.2) is 0 Å². The molecule has 1 aliphatic heterocycles. The van der Waals surface area contributed by atoms with Crippen LogP contribution in [0.1, 0.15) is 21.5 Å². The minimum absolute atomic E-state index is 0.0174. The maximum absolute atomic E-state index is 12.0. The van der Waals surface area contributed by atoms with Crippen LogP contribution in [0.2, 0.25) is 20.1 Å².